The summed E-state index contributed by atoms with van der Waals surface area (Å²) in [6.45, 7) is 0.420. The lowest BCUT2D eigenvalue weighted by Gasteiger charge is -1.89. The van der Waals surface area contributed by atoms with Crippen LogP contribution in [0.1, 0.15) is 6.42 Å². The van der Waals surface area contributed by atoms with Gasteiger partial charge in [-0.25, -0.2) is 0 Å². The number of carbonyl (C=O) groups excluding carboxylic acids is 1. The fraction of sp³-hybridized carbons (Fsp3) is 0.500. The topological polar surface area (TPSA) is 26.3 Å². The van der Waals surface area contributed by atoms with Gasteiger partial charge in [0.1, 0.15) is 0 Å². The van der Waals surface area contributed by atoms with E-state index in [2.05, 4.69) is 4.74 Å². The van der Waals surface area contributed by atoms with Crippen molar-refractivity contribution in [3.05, 3.63) is 0 Å². The number of hydrogen-bond acceptors (Lipinski definition) is 2. The number of hydrogen-bond donors (Lipinski definition) is 0. The monoisotopic (exact) mass is 112 g/mol. The van der Waals surface area contributed by atoms with Crippen molar-refractivity contribution in [2.45, 2.75) is 6.42 Å². The number of methoxy groups -OCH3 is 1. The Balaban J connectivity index is 3.16. The maximum atomic E-state index is 10.3. The molecule has 0 amide bonds. The molecule has 0 atom stereocenters. The van der Waals surface area contributed by atoms with Crippen molar-refractivity contribution in [1.82, 2.24) is 0 Å². The van der Waals surface area contributed by atoms with Gasteiger partial charge in [0.2, 0.25) is 5.78 Å². The van der Waals surface area contributed by atoms with Gasteiger partial charge >= 0.3 is 0 Å². The predicted molar refractivity (Wildman–Crippen MR) is 30.3 cm³/mol. The molecule has 0 aliphatic heterocycles. The second-order valence-corrected chi connectivity index (χ2v) is 1.31. The quantitative estimate of drug-likeness (QED) is 0.386. The lowest BCUT2D eigenvalue weighted by Crippen LogP contribution is -1.98. The molecular formula is C6H8O2. The Morgan fingerprint density at radius 3 is 2.88 bits per heavy atom. The van der Waals surface area contributed by atoms with Crippen molar-refractivity contribution in [1.29, 1.82) is 0 Å². The van der Waals surface area contributed by atoms with Gasteiger partial charge in [-0.2, -0.15) is 0 Å². The second-order valence-electron chi connectivity index (χ2n) is 1.31. The average Bonchev–Trinajstić information content (AvgIpc) is 1.83. The normalized spacial score (nSPS) is 8.00. The van der Waals surface area contributed by atoms with E-state index >= 15 is 0 Å². The molecule has 0 aromatic carbocycles. The lowest BCUT2D eigenvalue weighted by molar-refractivity contribution is -0.114. The first-order valence-corrected chi connectivity index (χ1v) is 2.29. The van der Waals surface area contributed by atoms with Gasteiger partial charge in [-0.05, 0) is 5.92 Å². The summed E-state index contributed by atoms with van der Waals surface area (Å²) >= 11 is 0. The molecule has 0 aliphatic carbocycles. The number of ketones is 1. The maximum absolute atomic E-state index is 10.3. The summed E-state index contributed by atoms with van der Waals surface area (Å²) in [5.74, 6) is 1.78. The highest BCUT2D eigenvalue weighted by Gasteiger charge is 1.91. The molecule has 0 heterocycles. The summed E-state index contributed by atoms with van der Waals surface area (Å²) in [6, 6.07) is 0. The Bertz CT molecular complexity index is 110. The highest BCUT2D eigenvalue weighted by molar-refractivity contribution is 5.94. The summed E-state index contributed by atoms with van der Waals surface area (Å²) < 4.78 is 4.60. The zero-order chi connectivity index (χ0) is 6.41. The molecule has 0 aliphatic rings. The number of terminal acetylenes is 1. The van der Waals surface area contributed by atoms with E-state index in [1.165, 1.54) is 7.11 Å². The highest BCUT2D eigenvalue weighted by atomic mass is 16.5. The first-order valence-electron chi connectivity index (χ1n) is 2.29. The molecule has 0 N–H and O–H groups in total. The first kappa shape index (κ1) is 7.19. The zero-order valence-corrected chi connectivity index (χ0v) is 4.81. The molecule has 0 fully saturated rings. The van der Waals surface area contributed by atoms with Crippen LogP contribution in [0.5, 0.6) is 0 Å². The second kappa shape index (κ2) is 4.35. The fourth-order valence-electron chi connectivity index (χ4n) is 0.267. The van der Waals surface area contributed by atoms with Crippen molar-refractivity contribution in [2.75, 3.05) is 13.7 Å². The van der Waals surface area contributed by atoms with Crippen LogP contribution in [-0.2, 0) is 9.53 Å². The maximum Gasteiger partial charge on any atom is 0.207 e. The van der Waals surface area contributed by atoms with Crippen LogP contribution in [0.2, 0.25) is 0 Å². The highest BCUT2D eigenvalue weighted by Crippen LogP contribution is 1.79. The fourth-order valence-corrected chi connectivity index (χ4v) is 0.267. The van der Waals surface area contributed by atoms with Crippen LogP contribution < -0.4 is 0 Å². The predicted octanol–water partition coefficient (Wildman–Crippen LogP) is 0.225. The van der Waals surface area contributed by atoms with Crippen molar-refractivity contribution >= 4 is 5.78 Å². The van der Waals surface area contributed by atoms with Gasteiger partial charge in [0.25, 0.3) is 0 Å². The summed E-state index contributed by atoms with van der Waals surface area (Å²) in [5.41, 5.74) is 0. The van der Waals surface area contributed by atoms with E-state index in [1.807, 2.05) is 5.92 Å². The van der Waals surface area contributed by atoms with E-state index < -0.39 is 0 Å². The number of carbonyl (C=O) groups is 1. The lowest BCUT2D eigenvalue weighted by atomic mass is 10.3. The van der Waals surface area contributed by atoms with Crippen LogP contribution >= 0.6 is 0 Å². The Labute approximate surface area is 48.8 Å². The van der Waals surface area contributed by atoms with E-state index in [-0.39, 0.29) is 5.78 Å². The van der Waals surface area contributed by atoms with E-state index in [0.29, 0.717) is 13.0 Å². The molecule has 2 heteroatoms. The Morgan fingerprint density at radius 2 is 2.50 bits per heavy atom. The summed E-state index contributed by atoms with van der Waals surface area (Å²) in [4.78, 5) is 10.3. The Morgan fingerprint density at radius 1 is 1.88 bits per heavy atom. The third-order valence-corrected chi connectivity index (χ3v) is 0.694. The van der Waals surface area contributed by atoms with Crippen LogP contribution in [-0.4, -0.2) is 19.5 Å². The molecule has 0 aromatic heterocycles. The molecular weight excluding hydrogens is 104 g/mol. The molecule has 8 heavy (non-hydrogen) atoms. The standard InChI is InChI=1S/C6H8O2/c1-3-6(7)4-5-8-2/h1H,4-5H2,2H3. The van der Waals surface area contributed by atoms with E-state index in [9.17, 15) is 4.79 Å². The van der Waals surface area contributed by atoms with Crippen molar-refractivity contribution in [2.24, 2.45) is 0 Å². The van der Waals surface area contributed by atoms with Crippen LogP contribution in [0.25, 0.3) is 0 Å². The molecule has 0 unspecified atom stereocenters. The summed E-state index contributed by atoms with van der Waals surface area (Å²) in [6.07, 6.45) is 5.08. The SMILES string of the molecule is C#CC(=O)CCOC. The molecule has 0 aromatic rings. The Kier molecular flexibility index (Phi) is 3.91. The number of rotatable bonds is 3. The number of ether oxygens (including phenoxy) is 1. The van der Waals surface area contributed by atoms with Crippen molar-refractivity contribution < 1.29 is 9.53 Å². The number of Topliss-reactive ketones (excluding diaryl/α,β-unsaturated/α-hetero) is 1. The smallest absolute Gasteiger partial charge is 0.207 e. The summed E-state index contributed by atoms with van der Waals surface area (Å²) in [5, 5.41) is 0. The van der Waals surface area contributed by atoms with Crippen LogP contribution in [0.3, 0.4) is 0 Å². The zero-order valence-electron chi connectivity index (χ0n) is 4.81. The van der Waals surface area contributed by atoms with Gasteiger partial charge in [-0.1, -0.05) is 0 Å². The van der Waals surface area contributed by atoms with E-state index in [4.69, 9.17) is 6.42 Å². The minimum Gasteiger partial charge on any atom is -0.384 e. The van der Waals surface area contributed by atoms with Gasteiger partial charge in [-0.3, -0.25) is 4.79 Å². The third-order valence-electron chi connectivity index (χ3n) is 0.694. The molecule has 0 spiro atoms. The molecule has 44 valence electrons. The molecule has 0 rings (SSSR count). The van der Waals surface area contributed by atoms with Gasteiger partial charge in [0.15, 0.2) is 0 Å². The third kappa shape index (κ3) is 3.38. The molecule has 0 radical (unpaired) electrons. The average molecular weight is 112 g/mol. The van der Waals surface area contributed by atoms with Gasteiger partial charge < -0.3 is 4.74 Å². The van der Waals surface area contributed by atoms with Gasteiger partial charge in [-0.15, -0.1) is 6.42 Å². The van der Waals surface area contributed by atoms with Gasteiger partial charge in [0.05, 0.1) is 6.61 Å². The van der Waals surface area contributed by atoms with Crippen LogP contribution in [0.15, 0.2) is 0 Å². The first-order chi connectivity index (χ1) is 3.81. The van der Waals surface area contributed by atoms with Crippen molar-refractivity contribution in [3.8, 4) is 12.3 Å². The molecule has 0 bridgehead atoms. The van der Waals surface area contributed by atoms with Crippen molar-refractivity contribution in [3.63, 3.8) is 0 Å². The largest absolute Gasteiger partial charge is 0.384 e. The minimum atomic E-state index is -0.202. The van der Waals surface area contributed by atoms with Crippen LogP contribution in [0.4, 0.5) is 0 Å². The van der Waals surface area contributed by atoms with E-state index in [1.54, 1.807) is 0 Å². The summed E-state index contributed by atoms with van der Waals surface area (Å²) in [7, 11) is 1.53. The molecule has 2 nitrogen and oxygen atoms in total. The van der Waals surface area contributed by atoms with Gasteiger partial charge in [0, 0.05) is 13.5 Å². The van der Waals surface area contributed by atoms with E-state index in [0.717, 1.165) is 0 Å². The molecule has 0 saturated heterocycles. The Hall–Kier alpha value is -0.810. The van der Waals surface area contributed by atoms with Crippen LogP contribution in [0, 0.1) is 12.3 Å². The molecule has 0 saturated carbocycles. The minimum absolute atomic E-state index is 0.202.